The number of benzene rings is 2. The number of allylic oxidation sites excluding steroid dienone is 3. The van der Waals surface area contributed by atoms with E-state index in [9.17, 15) is 13.2 Å². The summed E-state index contributed by atoms with van der Waals surface area (Å²) < 4.78 is 99.1. The van der Waals surface area contributed by atoms with Gasteiger partial charge in [0.25, 0.3) is 0 Å². The van der Waals surface area contributed by atoms with Gasteiger partial charge in [-0.3, -0.25) is 4.90 Å². The molecule has 1 saturated carbocycles. The zero-order valence-electron chi connectivity index (χ0n) is 27.2. The summed E-state index contributed by atoms with van der Waals surface area (Å²) in [7, 11) is 2.00. The van der Waals surface area contributed by atoms with E-state index in [2.05, 4.69) is 28.1 Å². The molecule has 0 radical (unpaired) electrons. The van der Waals surface area contributed by atoms with Crippen LogP contribution in [0.5, 0.6) is 11.5 Å². The number of unbranched alkanes of at least 4 members (excludes halogenated alkanes) is 2. The fourth-order valence-electron chi connectivity index (χ4n) is 7.15. The van der Waals surface area contributed by atoms with Crippen LogP contribution < -0.4 is 14.8 Å². The second kappa shape index (κ2) is 15.2. The number of hydrogen-bond donors (Lipinski definition) is 1. The molecule has 1 heterocycles. The molecule has 2 aromatic carbocycles. The number of likely N-dealkylation sites (N-methyl/N-ethyl adjacent to an activating group) is 1. The quantitative estimate of drug-likeness (QED) is 0.181. The molecule has 2 aromatic rings. The first kappa shape index (κ1) is 34.9. The van der Waals surface area contributed by atoms with Gasteiger partial charge in [-0.2, -0.15) is 8.78 Å². The smallest absolute Gasteiger partial charge is 0.432 e. The first-order valence-corrected chi connectivity index (χ1v) is 16.7. The number of halogens is 6. The summed E-state index contributed by atoms with van der Waals surface area (Å²) in [5.74, 6) is -4.60. The lowest BCUT2D eigenvalue weighted by molar-refractivity contribution is -0.189. The van der Waals surface area contributed by atoms with Crippen molar-refractivity contribution < 1.29 is 35.8 Å². The van der Waals surface area contributed by atoms with Crippen molar-refractivity contribution in [2.45, 2.75) is 83.9 Å². The summed E-state index contributed by atoms with van der Waals surface area (Å²) in [6.07, 6.45) is 10.9. The highest BCUT2D eigenvalue weighted by molar-refractivity contribution is 5.78. The summed E-state index contributed by atoms with van der Waals surface area (Å²) >= 11 is 0. The van der Waals surface area contributed by atoms with Crippen LogP contribution in [0.3, 0.4) is 0 Å². The van der Waals surface area contributed by atoms with Gasteiger partial charge in [0.1, 0.15) is 28.8 Å². The van der Waals surface area contributed by atoms with Crippen molar-refractivity contribution in [2.75, 3.05) is 20.2 Å². The van der Waals surface area contributed by atoms with Gasteiger partial charge in [0.05, 0.1) is 12.8 Å². The monoisotopic (exact) mass is 662 g/mol. The lowest BCUT2D eigenvalue weighted by atomic mass is 9.76. The highest BCUT2D eigenvalue weighted by atomic mass is 19.3. The molecule has 0 amide bonds. The first-order chi connectivity index (χ1) is 22.5. The Hall–Kier alpha value is -3.40. The van der Waals surface area contributed by atoms with Crippen molar-refractivity contribution in [2.24, 2.45) is 17.8 Å². The van der Waals surface area contributed by atoms with Crippen molar-refractivity contribution in [1.29, 1.82) is 0 Å². The Balaban J connectivity index is 1.22. The number of alkyl halides is 2. The van der Waals surface area contributed by atoms with Gasteiger partial charge in [-0.1, -0.05) is 38.7 Å². The van der Waals surface area contributed by atoms with Gasteiger partial charge in [0.2, 0.25) is 0 Å². The maximum absolute atomic E-state index is 15.5. The molecule has 1 aliphatic heterocycles. The van der Waals surface area contributed by atoms with E-state index >= 15 is 13.2 Å². The first-order valence-electron chi connectivity index (χ1n) is 16.7. The van der Waals surface area contributed by atoms with E-state index in [1.807, 2.05) is 7.05 Å². The van der Waals surface area contributed by atoms with Crippen LogP contribution in [0.4, 0.5) is 26.3 Å². The van der Waals surface area contributed by atoms with E-state index in [4.69, 9.17) is 4.74 Å². The van der Waals surface area contributed by atoms with Crippen LogP contribution in [0.2, 0.25) is 0 Å². The molecule has 0 aromatic heterocycles. The van der Waals surface area contributed by atoms with Crippen molar-refractivity contribution in [3.8, 4) is 11.5 Å². The molecule has 10 heteroatoms. The third-order valence-electron chi connectivity index (χ3n) is 9.64. The lowest BCUT2D eigenvalue weighted by Gasteiger charge is -2.41. The maximum atomic E-state index is 15.5. The van der Waals surface area contributed by atoms with E-state index in [0.717, 1.165) is 24.6 Å². The molecule has 4 nitrogen and oxygen atoms in total. The largest absolute Gasteiger partial charge is 0.491 e. The predicted octanol–water partition coefficient (Wildman–Crippen LogP) is 10.0. The number of nitrogens with zero attached hydrogens (tertiary/aromatic N) is 1. The molecule has 5 rings (SSSR count). The topological polar surface area (TPSA) is 33.7 Å². The standard InChI is InChI=1S/C37H44F6N2O2/c1-4-6-7-8-23-9-11-24(12-10-23)27-21-44-36(45(3)22-27)25-13-15-29(30(38)17-25)26-18-32(40)35(33(41)19-26)37(42,43)47-28-14-16-34(46-5-2)31(39)20-28/h14-21,23-25,36,44H,4-13,22H2,1-3H3/t23?,24?,25-,36+/m1/s1. The van der Waals surface area contributed by atoms with Gasteiger partial charge in [0, 0.05) is 24.1 Å². The molecule has 47 heavy (non-hydrogen) atoms. The summed E-state index contributed by atoms with van der Waals surface area (Å²) in [6.45, 7) is 4.78. The van der Waals surface area contributed by atoms with Gasteiger partial charge in [-0.25, -0.2) is 17.6 Å². The molecule has 1 fully saturated rings. The van der Waals surface area contributed by atoms with Crippen LogP contribution in [0.1, 0.15) is 82.8 Å². The van der Waals surface area contributed by atoms with Crippen LogP contribution in [0, 0.1) is 35.2 Å². The summed E-state index contributed by atoms with van der Waals surface area (Å²) in [4.78, 5) is 2.17. The number of hydrogen-bond acceptors (Lipinski definition) is 4. The molecule has 0 spiro atoms. The zero-order valence-corrected chi connectivity index (χ0v) is 27.2. The van der Waals surface area contributed by atoms with Gasteiger partial charge in [-0.15, -0.1) is 0 Å². The fraction of sp³-hybridized carbons (Fsp3) is 0.514. The summed E-state index contributed by atoms with van der Waals surface area (Å²) in [6, 6.07) is 4.04. The molecule has 2 atom stereocenters. The minimum absolute atomic E-state index is 0.0752. The fourth-order valence-corrected chi connectivity index (χ4v) is 7.15. The SMILES string of the molecule is CCCCCC1CCC(C2=CN[C@H]([C@H]3C=C(F)C(c4cc(F)c(C(F)(F)Oc5ccc(OCC)c(F)c5)c(F)c4)=CC3)N(C)C2)CC1. The zero-order chi connectivity index (χ0) is 33.7. The molecule has 256 valence electrons. The maximum Gasteiger partial charge on any atom is 0.432 e. The summed E-state index contributed by atoms with van der Waals surface area (Å²) in [5.41, 5.74) is -0.577. The lowest BCUT2D eigenvalue weighted by Crippen LogP contribution is -2.51. The molecule has 3 aliphatic rings. The van der Waals surface area contributed by atoms with Gasteiger partial charge in [-0.05, 0) is 106 Å². The Morgan fingerprint density at radius 1 is 0.936 bits per heavy atom. The minimum atomic E-state index is -4.48. The average Bonchev–Trinajstić information content (AvgIpc) is 3.02. The van der Waals surface area contributed by atoms with Crippen molar-refractivity contribution in [3.05, 3.63) is 88.7 Å². The van der Waals surface area contributed by atoms with Crippen LogP contribution in [-0.2, 0) is 6.11 Å². The Labute approximate surface area is 273 Å². The third-order valence-corrected chi connectivity index (χ3v) is 9.64. The Morgan fingerprint density at radius 3 is 2.28 bits per heavy atom. The van der Waals surface area contributed by atoms with Crippen molar-refractivity contribution in [1.82, 2.24) is 10.2 Å². The summed E-state index contributed by atoms with van der Waals surface area (Å²) in [5, 5.41) is 3.46. The molecule has 2 aliphatic carbocycles. The molecular formula is C37H44F6N2O2. The second-order valence-corrected chi connectivity index (χ2v) is 13.0. The van der Waals surface area contributed by atoms with E-state index in [0.29, 0.717) is 30.5 Å². The predicted molar refractivity (Wildman–Crippen MR) is 171 cm³/mol. The second-order valence-electron chi connectivity index (χ2n) is 13.0. The number of ether oxygens (including phenoxy) is 2. The van der Waals surface area contributed by atoms with E-state index < -0.39 is 40.7 Å². The van der Waals surface area contributed by atoms with Crippen molar-refractivity contribution in [3.63, 3.8) is 0 Å². The van der Waals surface area contributed by atoms with Crippen LogP contribution >= 0.6 is 0 Å². The number of nitrogens with one attached hydrogen (secondary N) is 1. The van der Waals surface area contributed by atoms with E-state index in [-0.39, 0.29) is 35.6 Å². The normalized spacial score (nSPS) is 23.8. The molecular weight excluding hydrogens is 618 g/mol. The molecule has 0 bridgehead atoms. The van der Waals surface area contributed by atoms with Gasteiger partial charge >= 0.3 is 6.11 Å². The number of rotatable bonds is 12. The molecule has 1 N–H and O–H groups in total. The van der Waals surface area contributed by atoms with Crippen LogP contribution in [0.25, 0.3) is 5.57 Å². The van der Waals surface area contributed by atoms with Crippen LogP contribution in [0.15, 0.2) is 60.1 Å². The average molecular weight is 663 g/mol. The van der Waals surface area contributed by atoms with Gasteiger partial charge < -0.3 is 14.8 Å². The Bertz CT molecular complexity index is 1470. The minimum Gasteiger partial charge on any atom is -0.491 e. The molecule has 0 saturated heterocycles. The van der Waals surface area contributed by atoms with E-state index in [1.165, 1.54) is 63.0 Å². The third kappa shape index (κ3) is 8.19. The highest BCUT2D eigenvalue weighted by Gasteiger charge is 2.42. The molecule has 0 unspecified atom stereocenters. The highest BCUT2D eigenvalue weighted by Crippen LogP contribution is 2.41. The van der Waals surface area contributed by atoms with Crippen LogP contribution in [-0.4, -0.2) is 31.3 Å². The Kier molecular flexibility index (Phi) is 11.3. The van der Waals surface area contributed by atoms with Crippen molar-refractivity contribution >= 4 is 5.57 Å². The van der Waals surface area contributed by atoms with Gasteiger partial charge in [0.15, 0.2) is 11.6 Å². The van der Waals surface area contributed by atoms with E-state index in [1.54, 1.807) is 13.0 Å². The Morgan fingerprint density at radius 2 is 1.66 bits per heavy atom.